The van der Waals surface area contributed by atoms with Gasteiger partial charge in [0.05, 0.1) is 4.92 Å². The molecule has 1 atom stereocenters. The summed E-state index contributed by atoms with van der Waals surface area (Å²) in [5, 5.41) is 13.6. The van der Waals surface area contributed by atoms with Crippen molar-refractivity contribution >= 4 is 11.8 Å². The lowest BCUT2D eigenvalue weighted by molar-refractivity contribution is -0.385. The van der Waals surface area contributed by atoms with E-state index in [1.54, 1.807) is 39.0 Å². The van der Waals surface area contributed by atoms with Crippen molar-refractivity contribution in [3.05, 3.63) is 39.9 Å². The summed E-state index contributed by atoms with van der Waals surface area (Å²) in [5.41, 5.74) is 5.58. The van der Waals surface area contributed by atoms with E-state index >= 15 is 0 Å². The SMILES string of the molecule is CC(C)(C)OC(=O)NCC(CN)c1ccccc1[N+](=O)[O-]. The van der Waals surface area contributed by atoms with E-state index in [2.05, 4.69) is 5.32 Å². The first-order valence-corrected chi connectivity index (χ1v) is 6.65. The fraction of sp³-hybridized carbons (Fsp3) is 0.500. The number of carbonyl (C=O) groups excluding carboxylic acids is 1. The molecule has 7 nitrogen and oxygen atoms in total. The van der Waals surface area contributed by atoms with Crippen LogP contribution in [-0.2, 0) is 4.74 Å². The van der Waals surface area contributed by atoms with Crippen molar-refractivity contribution in [2.24, 2.45) is 5.73 Å². The molecule has 0 bridgehead atoms. The Balaban J connectivity index is 2.77. The number of hydrogen-bond acceptors (Lipinski definition) is 5. The molecule has 0 saturated heterocycles. The zero-order valence-corrected chi connectivity index (χ0v) is 12.5. The quantitative estimate of drug-likeness (QED) is 0.639. The molecule has 0 aliphatic heterocycles. The maximum absolute atomic E-state index is 11.6. The van der Waals surface area contributed by atoms with E-state index in [4.69, 9.17) is 10.5 Å². The molecule has 21 heavy (non-hydrogen) atoms. The van der Waals surface area contributed by atoms with Crippen LogP contribution in [0.5, 0.6) is 0 Å². The number of nitrogens with one attached hydrogen (secondary N) is 1. The highest BCUT2D eigenvalue weighted by atomic mass is 16.6. The third-order valence-corrected chi connectivity index (χ3v) is 2.75. The van der Waals surface area contributed by atoms with Gasteiger partial charge in [0.1, 0.15) is 5.60 Å². The number of ether oxygens (including phenoxy) is 1. The molecule has 0 aliphatic carbocycles. The number of amides is 1. The fourth-order valence-corrected chi connectivity index (χ4v) is 1.84. The smallest absolute Gasteiger partial charge is 0.407 e. The Morgan fingerprint density at radius 3 is 2.57 bits per heavy atom. The number of para-hydroxylation sites is 1. The summed E-state index contributed by atoms with van der Waals surface area (Å²) >= 11 is 0. The van der Waals surface area contributed by atoms with Gasteiger partial charge in [0, 0.05) is 30.6 Å². The number of benzene rings is 1. The molecule has 0 saturated carbocycles. The second-order valence-corrected chi connectivity index (χ2v) is 5.63. The van der Waals surface area contributed by atoms with Crippen LogP contribution in [0.25, 0.3) is 0 Å². The lowest BCUT2D eigenvalue weighted by atomic mass is 9.97. The van der Waals surface area contributed by atoms with Gasteiger partial charge in [-0.3, -0.25) is 10.1 Å². The van der Waals surface area contributed by atoms with Gasteiger partial charge in [-0.05, 0) is 20.8 Å². The van der Waals surface area contributed by atoms with E-state index in [-0.39, 0.29) is 24.7 Å². The Labute approximate surface area is 123 Å². The van der Waals surface area contributed by atoms with Crippen LogP contribution in [0.15, 0.2) is 24.3 Å². The van der Waals surface area contributed by atoms with Crippen molar-refractivity contribution in [2.45, 2.75) is 32.3 Å². The van der Waals surface area contributed by atoms with Gasteiger partial charge >= 0.3 is 6.09 Å². The predicted octanol–water partition coefficient (Wildman–Crippen LogP) is 2.16. The van der Waals surface area contributed by atoms with Crippen molar-refractivity contribution in [1.82, 2.24) is 5.32 Å². The van der Waals surface area contributed by atoms with Crippen molar-refractivity contribution < 1.29 is 14.5 Å². The predicted molar refractivity (Wildman–Crippen MR) is 79.1 cm³/mol. The van der Waals surface area contributed by atoms with Gasteiger partial charge in [0.2, 0.25) is 0 Å². The summed E-state index contributed by atoms with van der Waals surface area (Å²) < 4.78 is 5.12. The Morgan fingerprint density at radius 2 is 2.05 bits per heavy atom. The maximum atomic E-state index is 11.6. The highest BCUT2D eigenvalue weighted by Crippen LogP contribution is 2.25. The lowest BCUT2D eigenvalue weighted by Gasteiger charge is -2.21. The second-order valence-electron chi connectivity index (χ2n) is 5.63. The molecule has 3 N–H and O–H groups in total. The zero-order valence-electron chi connectivity index (χ0n) is 12.5. The number of nitrogens with zero attached hydrogens (tertiary/aromatic N) is 1. The van der Waals surface area contributed by atoms with Crippen molar-refractivity contribution in [1.29, 1.82) is 0 Å². The van der Waals surface area contributed by atoms with Crippen LogP contribution in [0.3, 0.4) is 0 Å². The third-order valence-electron chi connectivity index (χ3n) is 2.75. The number of nitro groups is 1. The first-order chi connectivity index (χ1) is 9.74. The van der Waals surface area contributed by atoms with Crippen LogP contribution < -0.4 is 11.1 Å². The Kier molecular flexibility index (Phi) is 5.66. The van der Waals surface area contributed by atoms with Gasteiger partial charge in [-0.15, -0.1) is 0 Å². The van der Waals surface area contributed by atoms with Crippen LogP contribution in [0.2, 0.25) is 0 Å². The number of nitrogens with two attached hydrogens (primary N) is 1. The standard InChI is InChI=1S/C14H21N3O4/c1-14(2,3)21-13(18)16-9-10(8-15)11-6-4-5-7-12(11)17(19)20/h4-7,10H,8-9,15H2,1-3H3,(H,16,18). The number of alkyl carbamates (subject to hydrolysis) is 1. The molecule has 1 unspecified atom stereocenters. The van der Waals surface area contributed by atoms with Crippen molar-refractivity contribution in [2.75, 3.05) is 13.1 Å². The third kappa shape index (κ3) is 5.39. The topological polar surface area (TPSA) is 107 Å². The zero-order chi connectivity index (χ0) is 16.0. The molecule has 116 valence electrons. The molecular formula is C14H21N3O4. The molecule has 1 amide bonds. The number of nitro benzene ring substituents is 1. The molecule has 0 fully saturated rings. The monoisotopic (exact) mass is 295 g/mol. The van der Waals surface area contributed by atoms with Crippen LogP contribution in [-0.4, -0.2) is 29.7 Å². The summed E-state index contributed by atoms with van der Waals surface area (Å²) in [7, 11) is 0. The Morgan fingerprint density at radius 1 is 1.43 bits per heavy atom. The molecule has 1 rings (SSSR count). The Hall–Kier alpha value is -2.15. The van der Waals surface area contributed by atoms with Crippen LogP contribution in [0.4, 0.5) is 10.5 Å². The van der Waals surface area contributed by atoms with Gasteiger partial charge in [0.15, 0.2) is 0 Å². The highest BCUT2D eigenvalue weighted by molar-refractivity contribution is 5.67. The first kappa shape index (κ1) is 16.9. The summed E-state index contributed by atoms with van der Waals surface area (Å²) in [6.45, 7) is 5.63. The van der Waals surface area contributed by atoms with E-state index in [9.17, 15) is 14.9 Å². The first-order valence-electron chi connectivity index (χ1n) is 6.65. The number of hydrogen-bond donors (Lipinski definition) is 2. The van der Waals surface area contributed by atoms with E-state index < -0.39 is 16.6 Å². The van der Waals surface area contributed by atoms with Gasteiger partial charge < -0.3 is 15.8 Å². The van der Waals surface area contributed by atoms with Crippen molar-refractivity contribution in [3.63, 3.8) is 0 Å². The van der Waals surface area contributed by atoms with Gasteiger partial charge in [-0.1, -0.05) is 18.2 Å². The van der Waals surface area contributed by atoms with E-state index in [0.717, 1.165) is 0 Å². The molecule has 7 heteroatoms. The summed E-state index contributed by atoms with van der Waals surface area (Å²) in [4.78, 5) is 22.2. The van der Waals surface area contributed by atoms with Crippen LogP contribution in [0, 0.1) is 10.1 Å². The van der Waals surface area contributed by atoms with Crippen molar-refractivity contribution in [3.8, 4) is 0 Å². The number of carbonyl (C=O) groups is 1. The summed E-state index contributed by atoms with van der Waals surface area (Å²) in [5.74, 6) is -0.348. The molecule has 0 radical (unpaired) electrons. The summed E-state index contributed by atoms with van der Waals surface area (Å²) in [6.07, 6.45) is -0.570. The van der Waals surface area contributed by atoms with Gasteiger partial charge in [-0.2, -0.15) is 0 Å². The Bertz CT molecular complexity index is 511. The fourth-order valence-electron chi connectivity index (χ4n) is 1.84. The molecule has 1 aromatic rings. The minimum Gasteiger partial charge on any atom is -0.444 e. The highest BCUT2D eigenvalue weighted by Gasteiger charge is 2.22. The van der Waals surface area contributed by atoms with Gasteiger partial charge in [-0.25, -0.2) is 4.79 Å². The van der Waals surface area contributed by atoms with E-state index in [0.29, 0.717) is 5.56 Å². The largest absolute Gasteiger partial charge is 0.444 e. The second kappa shape index (κ2) is 7.03. The summed E-state index contributed by atoms with van der Waals surface area (Å²) in [6, 6.07) is 6.37. The molecule has 1 aromatic carbocycles. The molecule has 0 spiro atoms. The van der Waals surface area contributed by atoms with Gasteiger partial charge in [0.25, 0.3) is 5.69 Å². The molecule has 0 aliphatic rings. The minimum atomic E-state index is -0.596. The average Bonchev–Trinajstić information content (AvgIpc) is 2.37. The maximum Gasteiger partial charge on any atom is 0.407 e. The molecular weight excluding hydrogens is 274 g/mol. The van der Waals surface area contributed by atoms with Crippen LogP contribution >= 0.6 is 0 Å². The van der Waals surface area contributed by atoms with E-state index in [1.807, 2.05) is 0 Å². The molecule has 0 aromatic heterocycles. The average molecular weight is 295 g/mol. The lowest BCUT2D eigenvalue weighted by Crippen LogP contribution is -2.36. The van der Waals surface area contributed by atoms with Crippen LogP contribution in [0.1, 0.15) is 32.3 Å². The minimum absolute atomic E-state index is 0.000983. The van der Waals surface area contributed by atoms with E-state index in [1.165, 1.54) is 6.07 Å². The normalized spacial score (nSPS) is 12.6. The molecule has 0 heterocycles. The number of rotatable bonds is 5.